The Kier molecular flexibility index (Phi) is 3.82. The average Bonchev–Trinajstić information content (AvgIpc) is 2.54. The molecule has 0 aliphatic carbocycles. The summed E-state index contributed by atoms with van der Waals surface area (Å²) in [5, 5.41) is 0. The summed E-state index contributed by atoms with van der Waals surface area (Å²) in [4.78, 5) is 24.0. The van der Waals surface area contributed by atoms with E-state index in [2.05, 4.69) is 0 Å². The van der Waals surface area contributed by atoms with E-state index in [1.54, 1.807) is 32.2 Å². The highest BCUT2D eigenvalue weighted by atomic mass is 16.5. The number of rotatable bonds is 3. The van der Waals surface area contributed by atoms with E-state index in [1.807, 2.05) is 6.92 Å². The number of esters is 1. The Morgan fingerprint density at radius 3 is 2.78 bits per heavy atom. The van der Waals surface area contributed by atoms with Crippen LogP contribution in [0.3, 0.4) is 0 Å². The van der Waals surface area contributed by atoms with Gasteiger partial charge in [-0.05, 0) is 38.1 Å². The second-order valence-electron chi connectivity index (χ2n) is 5.07. The molecule has 0 amide bonds. The molecule has 1 aliphatic rings. The van der Waals surface area contributed by atoms with Gasteiger partial charge in [-0.3, -0.25) is 0 Å². The second-order valence-corrected chi connectivity index (χ2v) is 5.07. The first kappa shape index (κ1) is 15.1. The molecule has 0 saturated heterocycles. The van der Waals surface area contributed by atoms with Gasteiger partial charge in [-0.2, -0.15) is 0 Å². The predicted molar refractivity (Wildman–Crippen MR) is 82.0 cm³/mol. The van der Waals surface area contributed by atoms with Crippen molar-refractivity contribution in [2.75, 3.05) is 13.7 Å². The van der Waals surface area contributed by atoms with Crippen LogP contribution in [0.1, 0.15) is 35.9 Å². The van der Waals surface area contributed by atoms with Crippen molar-refractivity contribution in [2.45, 2.75) is 20.0 Å². The molecule has 0 bridgehead atoms. The number of benzene rings is 1. The molecule has 6 nitrogen and oxygen atoms in total. The Morgan fingerprint density at radius 1 is 1.30 bits per heavy atom. The summed E-state index contributed by atoms with van der Waals surface area (Å²) in [5.74, 6) is 0.895. The van der Waals surface area contributed by atoms with Gasteiger partial charge in [0, 0.05) is 5.56 Å². The standard InChI is InChI=1S/C17H16O6/c1-4-21-16(18)13-8-11-9(2)22-14-6-5-10(20-3)7-12(14)15(11)23-17(13)19/h5-9H,4H2,1-3H3. The lowest BCUT2D eigenvalue weighted by Crippen LogP contribution is -2.21. The molecular formula is C17H16O6. The fourth-order valence-electron chi connectivity index (χ4n) is 2.52. The van der Waals surface area contributed by atoms with Gasteiger partial charge in [0.1, 0.15) is 28.9 Å². The molecule has 1 aromatic heterocycles. The maximum Gasteiger partial charge on any atom is 0.351 e. The number of hydrogen-bond acceptors (Lipinski definition) is 6. The zero-order valence-corrected chi connectivity index (χ0v) is 13.0. The zero-order chi connectivity index (χ0) is 16.6. The molecule has 2 heterocycles. The van der Waals surface area contributed by atoms with Gasteiger partial charge < -0.3 is 18.6 Å². The van der Waals surface area contributed by atoms with Crippen LogP contribution >= 0.6 is 0 Å². The highest BCUT2D eigenvalue weighted by Crippen LogP contribution is 2.43. The van der Waals surface area contributed by atoms with Gasteiger partial charge in [-0.25, -0.2) is 9.59 Å². The highest BCUT2D eigenvalue weighted by molar-refractivity contribution is 5.89. The predicted octanol–water partition coefficient (Wildman–Crippen LogP) is 2.95. The summed E-state index contributed by atoms with van der Waals surface area (Å²) < 4.78 is 21.3. The maximum atomic E-state index is 12.1. The molecule has 0 radical (unpaired) electrons. The van der Waals surface area contributed by atoms with E-state index < -0.39 is 11.6 Å². The minimum atomic E-state index is -0.731. The van der Waals surface area contributed by atoms with Crippen LogP contribution in [-0.4, -0.2) is 19.7 Å². The molecule has 0 saturated carbocycles. The SMILES string of the molecule is CCOC(=O)c1cc2c(oc1=O)-c1cc(OC)ccc1OC2C. The molecule has 0 spiro atoms. The molecule has 23 heavy (non-hydrogen) atoms. The van der Waals surface area contributed by atoms with E-state index in [1.165, 1.54) is 6.07 Å². The van der Waals surface area contributed by atoms with Crippen LogP contribution in [0.4, 0.5) is 0 Å². The summed E-state index contributed by atoms with van der Waals surface area (Å²) in [7, 11) is 1.55. The quantitative estimate of drug-likeness (QED) is 0.810. The molecule has 1 unspecified atom stereocenters. The molecule has 6 heteroatoms. The van der Waals surface area contributed by atoms with E-state index >= 15 is 0 Å². The molecule has 0 N–H and O–H groups in total. The Labute approximate surface area is 132 Å². The van der Waals surface area contributed by atoms with Gasteiger partial charge >= 0.3 is 11.6 Å². The zero-order valence-electron chi connectivity index (χ0n) is 13.0. The minimum absolute atomic E-state index is 0.132. The Bertz CT molecular complexity index is 820. The van der Waals surface area contributed by atoms with Gasteiger partial charge in [-0.1, -0.05) is 0 Å². The summed E-state index contributed by atoms with van der Waals surface area (Å²) in [6.07, 6.45) is -0.358. The molecule has 3 rings (SSSR count). The van der Waals surface area contributed by atoms with Crippen molar-refractivity contribution in [2.24, 2.45) is 0 Å². The molecule has 1 aromatic carbocycles. The van der Waals surface area contributed by atoms with Crippen molar-refractivity contribution in [3.8, 4) is 22.8 Å². The smallest absolute Gasteiger partial charge is 0.351 e. The maximum absolute atomic E-state index is 12.1. The largest absolute Gasteiger partial charge is 0.497 e. The van der Waals surface area contributed by atoms with Crippen molar-refractivity contribution in [3.63, 3.8) is 0 Å². The molecule has 0 fully saturated rings. The molecule has 1 atom stereocenters. The van der Waals surface area contributed by atoms with Crippen molar-refractivity contribution in [1.82, 2.24) is 0 Å². The topological polar surface area (TPSA) is 75.0 Å². The summed E-state index contributed by atoms with van der Waals surface area (Å²) in [6.45, 7) is 3.68. The fraction of sp³-hybridized carbons (Fsp3) is 0.294. The van der Waals surface area contributed by atoms with Crippen LogP contribution in [0.15, 0.2) is 33.5 Å². The summed E-state index contributed by atoms with van der Waals surface area (Å²) in [6, 6.07) is 6.73. The summed E-state index contributed by atoms with van der Waals surface area (Å²) in [5.41, 5.74) is 0.371. The third kappa shape index (κ3) is 2.56. The first-order valence-electron chi connectivity index (χ1n) is 7.25. The van der Waals surface area contributed by atoms with Crippen molar-refractivity contribution < 1.29 is 23.4 Å². The molecule has 1 aliphatic heterocycles. The lowest BCUT2D eigenvalue weighted by atomic mass is 9.98. The van der Waals surface area contributed by atoms with E-state index in [0.717, 1.165) is 0 Å². The molecular weight excluding hydrogens is 300 g/mol. The average molecular weight is 316 g/mol. The van der Waals surface area contributed by atoms with E-state index in [-0.39, 0.29) is 18.3 Å². The lowest BCUT2D eigenvalue weighted by Gasteiger charge is -2.25. The monoisotopic (exact) mass is 316 g/mol. The van der Waals surface area contributed by atoms with Gasteiger partial charge in [0.05, 0.1) is 19.3 Å². The van der Waals surface area contributed by atoms with Gasteiger partial charge in [0.2, 0.25) is 0 Å². The van der Waals surface area contributed by atoms with Crippen molar-refractivity contribution in [3.05, 3.63) is 45.8 Å². The summed E-state index contributed by atoms with van der Waals surface area (Å²) >= 11 is 0. The number of ether oxygens (including phenoxy) is 3. The minimum Gasteiger partial charge on any atom is -0.497 e. The Hall–Kier alpha value is -2.76. The van der Waals surface area contributed by atoms with Gasteiger partial charge in [0.15, 0.2) is 0 Å². The van der Waals surface area contributed by atoms with Crippen LogP contribution in [0.2, 0.25) is 0 Å². The number of carbonyl (C=O) groups excluding carboxylic acids is 1. The van der Waals surface area contributed by atoms with E-state index in [9.17, 15) is 9.59 Å². The van der Waals surface area contributed by atoms with Crippen molar-refractivity contribution in [1.29, 1.82) is 0 Å². The molecule has 120 valence electrons. The van der Waals surface area contributed by atoms with Crippen LogP contribution in [0.5, 0.6) is 11.5 Å². The fourth-order valence-corrected chi connectivity index (χ4v) is 2.52. The van der Waals surface area contributed by atoms with Gasteiger partial charge in [0.25, 0.3) is 0 Å². The van der Waals surface area contributed by atoms with E-state index in [4.69, 9.17) is 18.6 Å². The third-order valence-corrected chi connectivity index (χ3v) is 3.65. The van der Waals surface area contributed by atoms with Crippen LogP contribution < -0.4 is 15.1 Å². The van der Waals surface area contributed by atoms with Crippen LogP contribution in [0.25, 0.3) is 11.3 Å². The Balaban J connectivity index is 2.18. The number of hydrogen-bond donors (Lipinski definition) is 0. The van der Waals surface area contributed by atoms with Crippen LogP contribution in [-0.2, 0) is 4.74 Å². The van der Waals surface area contributed by atoms with Gasteiger partial charge in [-0.15, -0.1) is 0 Å². The Morgan fingerprint density at radius 2 is 2.09 bits per heavy atom. The number of carbonyl (C=O) groups is 1. The normalized spacial score (nSPS) is 15.2. The number of methoxy groups -OCH3 is 1. The third-order valence-electron chi connectivity index (χ3n) is 3.65. The van der Waals surface area contributed by atoms with Crippen molar-refractivity contribution >= 4 is 5.97 Å². The first-order valence-corrected chi connectivity index (χ1v) is 7.25. The number of fused-ring (bicyclic) bond motifs is 3. The van der Waals surface area contributed by atoms with E-state index in [0.29, 0.717) is 28.4 Å². The lowest BCUT2D eigenvalue weighted by molar-refractivity contribution is 0.0520. The first-order chi connectivity index (χ1) is 11.0. The molecule has 2 aromatic rings. The second kappa shape index (κ2) is 5.79. The van der Waals surface area contributed by atoms with Crippen LogP contribution in [0, 0.1) is 0 Å². The highest BCUT2D eigenvalue weighted by Gasteiger charge is 2.29.